The van der Waals surface area contributed by atoms with Crippen molar-refractivity contribution >= 4 is 29.0 Å². The molecule has 11 heteroatoms. The average Bonchev–Trinajstić information content (AvgIpc) is 3.41. The SMILES string of the molecule is CCC1C=C(c2ccc(Cl)cc2)c2cc(OC)ccc2-n2c(C)nnc2C1CC(=O)NCCCNC(=O)c1ccc(O)c(O)c1. The van der Waals surface area contributed by atoms with Crippen LogP contribution in [0.4, 0.5) is 0 Å². The van der Waals surface area contributed by atoms with Crippen LogP contribution < -0.4 is 15.4 Å². The molecule has 0 fully saturated rings. The van der Waals surface area contributed by atoms with Crippen molar-refractivity contribution in [1.82, 2.24) is 25.4 Å². The average molecular weight is 630 g/mol. The van der Waals surface area contributed by atoms with E-state index in [0.717, 1.165) is 40.4 Å². The molecule has 1 aliphatic heterocycles. The Labute approximate surface area is 266 Å². The lowest BCUT2D eigenvalue weighted by atomic mass is 9.81. The molecule has 1 aliphatic rings. The number of methoxy groups -OCH3 is 1. The van der Waals surface area contributed by atoms with Crippen LogP contribution in [0.3, 0.4) is 0 Å². The van der Waals surface area contributed by atoms with Gasteiger partial charge in [-0.15, -0.1) is 10.2 Å². The number of carbonyl (C=O) groups excluding carboxylic acids is 2. The van der Waals surface area contributed by atoms with E-state index >= 15 is 0 Å². The Morgan fingerprint density at radius 2 is 1.73 bits per heavy atom. The molecule has 0 bridgehead atoms. The van der Waals surface area contributed by atoms with Crippen LogP contribution in [0.15, 0.2) is 66.7 Å². The number of carbonyl (C=O) groups is 2. The molecule has 2 heterocycles. The lowest BCUT2D eigenvalue weighted by molar-refractivity contribution is -0.121. The number of fused-ring (bicyclic) bond motifs is 3. The summed E-state index contributed by atoms with van der Waals surface area (Å²) in [7, 11) is 1.64. The zero-order chi connectivity index (χ0) is 32.1. The molecule has 0 saturated carbocycles. The smallest absolute Gasteiger partial charge is 0.251 e. The highest BCUT2D eigenvalue weighted by atomic mass is 35.5. The van der Waals surface area contributed by atoms with Crippen LogP contribution in [0.5, 0.6) is 17.2 Å². The number of aryl methyl sites for hydroxylation is 1. The van der Waals surface area contributed by atoms with E-state index in [4.69, 9.17) is 16.3 Å². The number of nitrogens with zero attached hydrogens (tertiary/aromatic N) is 3. The summed E-state index contributed by atoms with van der Waals surface area (Å²) in [5.41, 5.74) is 4.09. The van der Waals surface area contributed by atoms with E-state index in [9.17, 15) is 19.8 Å². The molecule has 10 nitrogen and oxygen atoms in total. The van der Waals surface area contributed by atoms with E-state index in [1.54, 1.807) is 7.11 Å². The first-order valence-corrected chi connectivity index (χ1v) is 15.2. The van der Waals surface area contributed by atoms with Crippen LogP contribution >= 0.6 is 11.6 Å². The largest absolute Gasteiger partial charge is 0.504 e. The number of benzene rings is 3. The van der Waals surface area contributed by atoms with Gasteiger partial charge in [-0.1, -0.05) is 36.7 Å². The van der Waals surface area contributed by atoms with Crippen LogP contribution in [-0.4, -0.2) is 57.0 Å². The van der Waals surface area contributed by atoms with Gasteiger partial charge in [0.1, 0.15) is 17.4 Å². The van der Waals surface area contributed by atoms with E-state index in [-0.39, 0.29) is 47.1 Å². The number of amides is 2. The summed E-state index contributed by atoms with van der Waals surface area (Å²) < 4.78 is 7.63. The fourth-order valence-corrected chi connectivity index (χ4v) is 5.79. The summed E-state index contributed by atoms with van der Waals surface area (Å²) in [5.74, 6) is 0.702. The first kappa shape index (κ1) is 31.6. The molecule has 3 aromatic carbocycles. The quantitative estimate of drug-likeness (QED) is 0.134. The topological polar surface area (TPSA) is 139 Å². The lowest BCUT2D eigenvalue weighted by Crippen LogP contribution is -2.32. The maximum absolute atomic E-state index is 13.3. The van der Waals surface area contributed by atoms with Crippen LogP contribution in [0.25, 0.3) is 11.3 Å². The molecule has 2 unspecified atom stereocenters. The van der Waals surface area contributed by atoms with Crippen LogP contribution in [0.1, 0.15) is 65.2 Å². The van der Waals surface area contributed by atoms with Gasteiger partial charge in [-0.25, -0.2) is 0 Å². The molecule has 2 atom stereocenters. The van der Waals surface area contributed by atoms with E-state index in [1.807, 2.05) is 54.0 Å². The third kappa shape index (κ3) is 6.96. The Balaban J connectivity index is 1.36. The normalized spacial score (nSPS) is 15.6. The Bertz CT molecular complexity index is 1730. The monoisotopic (exact) mass is 629 g/mol. The maximum atomic E-state index is 13.3. The van der Waals surface area contributed by atoms with Crippen molar-refractivity contribution in [2.24, 2.45) is 5.92 Å². The molecule has 1 aromatic heterocycles. The molecule has 0 saturated heterocycles. The van der Waals surface area contributed by atoms with Crippen molar-refractivity contribution in [3.63, 3.8) is 0 Å². The number of allylic oxidation sites excluding steroid dienone is 1. The molecule has 4 aromatic rings. The molecule has 0 radical (unpaired) electrons. The standard InChI is InChI=1S/C34H36ClN5O5/c1-4-21-16-26(22-6-9-24(35)10-7-22)28-18-25(45-3)11-12-29(28)40-20(2)38-39-33(40)27(21)19-32(43)36-14-5-15-37-34(44)23-8-13-30(41)31(42)17-23/h6-13,16-18,21,27,41-42H,4-5,14-15,19H2,1-3H3,(H,36,43)(H,37,44). The molecule has 0 spiro atoms. The van der Waals surface area contributed by atoms with E-state index in [2.05, 4.69) is 33.8 Å². The van der Waals surface area contributed by atoms with Gasteiger partial charge in [0, 0.05) is 41.6 Å². The number of hydrogen-bond donors (Lipinski definition) is 4. The summed E-state index contributed by atoms with van der Waals surface area (Å²) in [6.45, 7) is 4.69. The van der Waals surface area contributed by atoms with Crippen LogP contribution in [0, 0.1) is 12.8 Å². The Hall–Kier alpha value is -4.83. The third-order valence-electron chi connectivity index (χ3n) is 8.04. The number of phenols is 2. The highest BCUT2D eigenvalue weighted by molar-refractivity contribution is 6.30. The number of hydrogen-bond acceptors (Lipinski definition) is 7. The first-order valence-electron chi connectivity index (χ1n) is 14.9. The van der Waals surface area contributed by atoms with Crippen molar-refractivity contribution in [3.05, 3.63) is 100 Å². The van der Waals surface area contributed by atoms with Crippen molar-refractivity contribution in [3.8, 4) is 22.9 Å². The van der Waals surface area contributed by atoms with Crippen molar-refractivity contribution in [2.75, 3.05) is 20.2 Å². The number of halogens is 1. The molecular weight excluding hydrogens is 594 g/mol. The predicted molar refractivity (Wildman–Crippen MR) is 172 cm³/mol. The number of aromatic hydroxyl groups is 2. The Kier molecular flexibility index (Phi) is 9.73. The van der Waals surface area contributed by atoms with Gasteiger partial charge < -0.3 is 25.6 Å². The van der Waals surface area contributed by atoms with Gasteiger partial charge in [-0.05, 0) is 85.4 Å². The molecule has 4 N–H and O–H groups in total. The summed E-state index contributed by atoms with van der Waals surface area (Å²) in [6, 6.07) is 17.5. The van der Waals surface area contributed by atoms with Gasteiger partial charge in [-0.2, -0.15) is 0 Å². The minimum Gasteiger partial charge on any atom is -0.504 e. The molecular formula is C34H36ClN5O5. The summed E-state index contributed by atoms with van der Waals surface area (Å²) in [6.07, 6.45) is 3.70. The predicted octanol–water partition coefficient (Wildman–Crippen LogP) is 5.53. The van der Waals surface area contributed by atoms with E-state index in [0.29, 0.717) is 30.4 Å². The molecule has 2 amide bonds. The summed E-state index contributed by atoms with van der Waals surface area (Å²) in [5, 5.41) is 34.5. The highest BCUT2D eigenvalue weighted by Crippen LogP contribution is 2.42. The summed E-state index contributed by atoms with van der Waals surface area (Å²) >= 11 is 6.24. The highest BCUT2D eigenvalue weighted by Gasteiger charge is 2.33. The molecule has 45 heavy (non-hydrogen) atoms. The van der Waals surface area contributed by atoms with Gasteiger partial charge in [0.15, 0.2) is 11.5 Å². The number of ether oxygens (including phenoxy) is 1. The van der Waals surface area contributed by atoms with Crippen molar-refractivity contribution in [1.29, 1.82) is 0 Å². The second kappa shape index (κ2) is 13.9. The number of rotatable bonds is 10. The Morgan fingerprint density at radius 3 is 2.44 bits per heavy atom. The zero-order valence-corrected chi connectivity index (χ0v) is 26.1. The molecule has 234 valence electrons. The molecule has 5 rings (SSSR count). The van der Waals surface area contributed by atoms with Gasteiger partial charge in [0.25, 0.3) is 5.91 Å². The number of phenolic OH excluding ortho intramolecular Hbond substituents is 2. The van der Waals surface area contributed by atoms with E-state index in [1.165, 1.54) is 18.2 Å². The maximum Gasteiger partial charge on any atom is 0.251 e. The zero-order valence-electron chi connectivity index (χ0n) is 25.4. The second-order valence-corrected chi connectivity index (χ2v) is 11.4. The number of aromatic nitrogens is 3. The number of nitrogens with one attached hydrogen (secondary N) is 2. The summed E-state index contributed by atoms with van der Waals surface area (Å²) in [4.78, 5) is 25.7. The van der Waals surface area contributed by atoms with Gasteiger partial charge in [-0.3, -0.25) is 14.2 Å². The first-order chi connectivity index (χ1) is 21.7. The molecule has 0 aliphatic carbocycles. The van der Waals surface area contributed by atoms with Gasteiger partial charge in [0.05, 0.1) is 12.8 Å². The Morgan fingerprint density at radius 1 is 0.978 bits per heavy atom. The van der Waals surface area contributed by atoms with Gasteiger partial charge >= 0.3 is 0 Å². The third-order valence-corrected chi connectivity index (χ3v) is 8.30. The van der Waals surface area contributed by atoms with Crippen LogP contribution in [0.2, 0.25) is 5.02 Å². The van der Waals surface area contributed by atoms with E-state index < -0.39 is 0 Å². The van der Waals surface area contributed by atoms with Crippen molar-refractivity contribution < 1.29 is 24.5 Å². The van der Waals surface area contributed by atoms with Crippen molar-refractivity contribution in [2.45, 2.75) is 39.0 Å². The lowest BCUT2D eigenvalue weighted by Gasteiger charge is -2.29. The minimum atomic E-state index is -0.382. The second-order valence-electron chi connectivity index (χ2n) is 11.0. The minimum absolute atomic E-state index is 0.0378. The van der Waals surface area contributed by atoms with Gasteiger partial charge in [0.2, 0.25) is 5.91 Å². The fourth-order valence-electron chi connectivity index (χ4n) is 5.66. The van der Waals surface area contributed by atoms with Crippen LogP contribution in [-0.2, 0) is 4.79 Å². The fraction of sp³-hybridized carbons (Fsp3) is 0.294.